The van der Waals surface area contributed by atoms with E-state index in [0.29, 0.717) is 12.2 Å². The van der Waals surface area contributed by atoms with Crippen LogP contribution in [0.2, 0.25) is 0 Å². The van der Waals surface area contributed by atoms with Gasteiger partial charge in [0.15, 0.2) is 0 Å². The van der Waals surface area contributed by atoms with Crippen LogP contribution in [0.15, 0.2) is 42.5 Å². The molecule has 0 unspecified atom stereocenters. The molecule has 2 aromatic carbocycles. The van der Waals surface area contributed by atoms with Crippen LogP contribution >= 0.6 is 0 Å². The van der Waals surface area contributed by atoms with Crippen molar-refractivity contribution in [3.8, 4) is 5.75 Å². The number of aromatic nitrogens is 2. The number of hydrogen-bond acceptors (Lipinski definition) is 4. The summed E-state index contributed by atoms with van der Waals surface area (Å²) in [5.41, 5.74) is 3.46. The van der Waals surface area contributed by atoms with Crippen LogP contribution in [0.5, 0.6) is 5.75 Å². The number of carbonyl (C=O) groups excluding carboxylic acids is 1. The van der Waals surface area contributed by atoms with Crippen LogP contribution in [0, 0.1) is 0 Å². The van der Waals surface area contributed by atoms with Crippen molar-refractivity contribution < 1.29 is 14.3 Å². The second-order valence-electron chi connectivity index (χ2n) is 8.12. The Kier molecular flexibility index (Phi) is 5.41. The van der Waals surface area contributed by atoms with Crippen molar-refractivity contribution in [1.82, 2.24) is 9.55 Å². The van der Waals surface area contributed by atoms with Gasteiger partial charge in [0.2, 0.25) is 0 Å². The summed E-state index contributed by atoms with van der Waals surface area (Å²) >= 11 is 0. The molecule has 5 rings (SSSR count). The lowest BCUT2D eigenvalue weighted by Gasteiger charge is -2.12. The van der Waals surface area contributed by atoms with E-state index in [1.165, 1.54) is 19.3 Å². The van der Waals surface area contributed by atoms with Gasteiger partial charge in [0.05, 0.1) is 17.1 Å². The molecule has 1 aromatic heterocycles. The van der Waals surface area contributed by atoms with Crippen LogP contribution in [0.25, 0.3) is 11.0 Å². The summed E-state index contributed by atoms with van der Waals surface area (Å²) in [6, 6.07) is 13.2. The van der Waals surface area contributed by atoms with Gasteiger partial charge in [-0.3, -0.25) is 4.79 Å². The Labute approximate surface area is 176 Å². The number of nitrogens with zero attached hydrogens (tertiary/aromatic N) is 2. The zero-order chi connectivity index (χ0) is 20.3. The highest BCUT2D eigenvalue weighted by molar-refractivity contribution is 6.05. The van der Waals surface area contributed by atoms with Gasteiger partial charge in [-0.1, -0.05) is 6.42 Å². The number of anilines is 1. The molecule has 30 heavy (non-hydrogen) atoms. The van der Waals surface area contributed by atoms with Crippen LogP contribution in [0.1, 0.15) is 48.3 Å². The standard InChI is InChI=1S/C24H27N3O3/c28-24(17-7-10-19(11-8-17)30-16-20-5-4-14-29-20)25-18-9-12-22-21(15-18)26-23-6-2-1-3-13-27(22)23/h7-12,15,20H,1-6,13-14,16H2,(H,25,28)/t20-/m1/s1. The Morgan fingerprint density at radius 3 is 2.87 bits per heavy atom. The molecule has 0 saturated carbocycles. The summed E-state index contributed by atoms with van der Waals surface area (Å²) in [5, 5.41) is 2.99. The van der Waals surface area contributed by atoms with E-state index in [4.69, 9.17) is 14.5 Å². The normalized spacial score (nSPS) is 18.7. The van der Waals surface area contributed by atoms with E-state index in [2.05, 4.69) is 16.0 Å². The Morgan fingerprint density at radius 2 is 2.03 bits per heavy atom. The molecule has 1 atom stereocenters. The molecule has 1 saturated heterocycles. The van der Waals surface area contributed by atoms with Gasteiger partial charge in [-0.15, -0.1) is 0 Å². The molecular formula is C24H27N3O3. The number of amides is 1. The molecule has 0 bridgehead atoms. The van der Waals surface area contributed by atoms with Crippen molar-refractivity contribution in [2.75, 3.05) is 18.5 Å². The number of nitrogens with one attached hydrogen (secondary N) is 1. The molecule has 3 aromatic rings. The molecule has 3 heterocycles. The lowest BCUT2D eigenvalue weighted by Crippen LogP contribution is -2.16. The van der Waals surface area contributed by atoms with Crippen molar-refractivity contribution in [2.24, 2.45) is 0 Å². The summed E-state index contributed by atoms with van der Waals surface area (Å²) in [7, 11) is 0. The number of ether oxygens (including phenoxy) is 2. The lowest BCUT2D eigenvalue weighted by molar-refractivity contribution is 0.0679. The summed E-state index contributed by atoms with van der Waals surface area (Å²) in [5.74, 6) is 1.77. The van der Waals surface area contributed by atoms with E-state index in [9.17, 15) is 4.79 Å². The van der Waals surface area contributed by atoms with E-state index in [1.54, 1.807) is 12.1 Å². The van der Waals surface area contributed by atoms with Gasteiger partial charge in [-0.25, -0.2) is 4.98 Å². The van der Waals surface area contributed by atoms with E-state index >= 15 is 0 Å². The maximum Gasteiger partial charge on any atom is 0.255 e. The molecule has 1 N–H and O–H groups in total. The number of hydrogen-bond donors (Lipinski definition) is 1. The van der Waals surface area contributed by atoms with Crippen molar-refractivity contribution in [3.63, 3.8) is 0 Å². The fourth-order valence-corrected chi connectivity index (χ4v) is 4.30. The van der Waals surface area contributed by atoms with Gasteiger partial charge in [-0.05, 0) is 68.1 Å². The van der Waals surface area contributed by atoms with Crippen molar-refractivity contribution in [2.45, 2.75) is 51.2 Å². The third-order valence-electron chi connectivity index (χ3n) is 5.94. The van der Waals surface area contributed by atoms with Gasteiger partial charge in [-0.2, -0.15) is 0 Å². The highest BCUT2D eigenvalue weighted by Gasteiger charge is 2.17. The smallest absolute Gasteiger partial charge is 0.255 e. The SMILES string of the molecule is O=C(Nc1ccc2c(c1)nc1n2CCCCC1)c1ccc(OC[C@H]2CCCO2)cc1. The Balaban J connectivity index is 1.25. The van der Waals surface area contributed by atoms with Gasteiger partial charge in [0.1, 0.15) is 18.2 Å². The molecule has 0 aliphatic carbocycles. The maximum absolute atomic E-state index is 12.7. The van der Waals surface area contributed by atoms with Crippen molar-refractivity contribution >= 4 is 22.6 Å². The Hall–Kier alpha value is -2.86. The highest BCUT2D eigenvalue weighted by Crippen LogP contribution is 2.25. The third-order valence-corrected chi connectivity index (χ3v) is 5.94. The highest BCUT2D eigenvalue weighted by atomic mass is 16.5. The molecule has 156 valence electrons. The summed E-state index contributed by atoms with van der Waals surface area (Å²) in [4.78, 5) is 17.5. The second-order valence-corrected chi connectivity index (χ2v) is 8.12. The molecule has 6 nitrogen and oxygen atoms in total. The van der Waals surface area contributed by atoms with Gasteiger partial charge < -0.3 is 19.4 Å². The molecule has 2 aliphatic heterocycles. The average Bonchev–Trinajstić information content (AvgIpc) is 3.34. The maximum atomic E-state index is 12.7. The summed E-state index contributed by atoms with van der Waals surface area (Å²) in [6.45, 7) is 2.40. The van der Waals surface area contributed by atoms with Gasteiger partial charge in [0.25, 0.3) is 5.91 Å². The largest absolute Gasteiger partial charge is 0.491 e. The van der Waals surface area contributed by atoms with Crippen LogP contribution in [0.4, 0.5) is 5.69 Å². The van der Waals surface area contributed by atoms with Crippen LogP contribution in [-0.4, -0.2) is 34.8 Å². The molecular weight excluding hydrogens is 378 g/mol. The van der Waals surface area contributed by atoms with E-state index in [0.717, 1.165) is 60.7 Å². The monoisotopic (exact) mass is 405 g/mol. The quantitative estimate of drug-likeness (QED) is 0.675. The van der Waals surface area contributed by atoms with Crippen LogP contribution in [0.3, 0.4) is 0 Å². The first-order chi connectivity index (χ1) is 14.8. The third kappa shape index (κ3) is 4.05. The number of aryl methyl sites for hydroxylation is 2. The fourth-order valence-electron chi connectivity index (χ4n) is 4.30. The molecule has 6 heteroatoms. The predicted molar refractivity (Wildman–Crippen MR) is 116 cm³/mol. The molecule has 1 fully saturated rings. The summed E-state index contributed by atoms with van der Waals surface area (Å²) in [6.07, 6.45) is 7.01. The van der Waals surface area contributed by atoms with E-state index in [-0.39, 0.29) is 12.0 Å². The Morgan fingerprint density at radius 1 is 1.13 bits per heavy atom. The fraction of sp³-hybridized carbons (Fsp3) is 0.417. The first kappa shape index (κ1) is 19.1. The van der Waals surface area contributed by atoms with Crippen LogP contribution < -0.4 is 10.1 Å². The second kappa shape index (κ2) is 8.48. The lowest BCUT2D eigenvalue weighted by atomic mass is 10.2. The first-order valence-electron chi connectivity index (χ1n) is 10.9. The molecule has 1 amide bonds. The van der Waals surface area contributed by atoms with Crippen LogP contribution in [-0.2, 0) is 17.7 Å². The summed E-state index contributed by atoms with van der Waals surface area (Å²) < 4.78 is 13.7. The van der Waals surface area contributed by atoms with E-state index in [1.807, 2.05) is 24.3 Å². The van der Waals surface area contributed by atoms with E-state index < -0.39 is 0 Å². The zero-order valence-electron chi connectivity index (χ0n) is 17.1. The number of carbonyl (C=O) groups is 1. The average molecular weight is 405 g/mol. The zero-order valence-corrected chi connectivity index (χ0v) is 17.1. The van der Waals surface area contributed by atoms with Crippen molar-refractivity contribution in [1.29, 1.82) is 0 Å². The topological polar surface area (TPSA) is 65.4 Å². The number of benzene rings is 2. The number of imidazole rings is 1. The number of rotatable bonds is 5. The molecule has 0 spiro atoms. The molecule has 0 radical (unpaired) electrons. The minimum atomic E-state index is -0.138. The van der Waals surface area contributed by atoms with Gasteiger partial charge in [0, 0.05) is 30.8 Å². The Bertz CT molecular complexity index is 1040. The number of fused-ring (bicyclic) bond motifs is 3. The van der Waals surface area contributed by atoms with Crippen molar-refractivity contribution in [3.05, 3.63) is 53.9 Å². The predicted octanol–water partition coefficient (Wildman–Crippen LogP) is 4.57. The van der Waals surface area contributed by atoms with Gasteiger partial charge >= 0.3 is 0 Å². The first-order valence-corrected chi connectivity index (χ1v) is 10.9. The molecule has 2 aliphatic rings. The minimum absolute atomic E-state index is 0.138. The minimum Gasteiger partial charge on any atom is -0.491 e.